The summed E-state index contributed by atoms with van der Waals surface area (Å²) in [5, 5.41) is 9.32. The highest BCUT2D eigenvalue weighted by atomic mass is 16.4. The molecular formula is C20H30O4. The number of carboxylic acids is 1. The van der Waals surface area contributed by atoms with Crippen LogP contribution in [0.4, 0.5) is 0 Å². The van der Waals surface area contributed by atoms with Crippen LogP contribution in [0.2, 0.25) is 0 Å². The van der Waals surface area contributed by atoms with Gasteiger partial charge in [0.2, 0.25) is 0 Å². The van der Waals surface area contributed by atoms with Crippen LogP contribution in [0.15, 0.2) is 0 Å². The lowest BCUT2D eigenvalue weighted by atomic mass is 9.46. The van der Waals surface area contributed by atoms with Crippen molar-refractivity contribution < 1.29 is 19.5 Å². The van der Waals surface area contributed by atoms with Gasteiger partial charge in [-0.1, -0.05) is 13.8 Å². The molecule has 6 atom stereocenters. The average molecular weight is 334 g/mol. The molecule has 0 amide bonds. The van der Waals surface area contributed by atoms with Crippen molar-refractivity contribution in [2.45, 2.75) is 72.1 Å². The molecule has 0 aromatic heterocycles. The summed E-state index contributed by atoms with van der Waals surface area (Å²) in [6, 6.07) is 0. The predicted molar refractivity (Wildman–Crippen MR) is 90.4 cm³/mol. The van der Waals surface area contributed by atoms with Gasteiger partial charge in [-0.15, -0.1) is 0 Å². The highest BCUT2D eigenvalue weighted by Gasteiger charge is 2.59. The van der Waals surface area contributed by atoms with Crippen LogP contribution in [0.25, 0.3) is 0 Å². The van der Waals surface area contributed by atoms with E-state index >= 15 is 0 Å². The van der Waals surface area contributed by atoms with Crippen molar-refractivity contribution in [2.24, 2.45) is 34.5 Å². The molecule has 4 heteroatoms. The van der Waals surface area contributed by atoms with Crippen LogP contribution < -0.4 is 0 Å². The summed E-state index contributed by atoms with van der Waals surface area (Å²) in [4.78, 5) is 35.7. The van der Waals surface area contributed by atoms with Crippen molar-refractivity contribution in [1.82, 2.24) is 0 Å². The summed E-state index contributed by atoms with van der Waals surface area (Å²) < 4.78 is 0. The number of hydrogen-bond acceptors (Lipinski definition) is 3. The molecule has 134 valence electrons. The van der Waals surface area contributed by atoms with Crippen LogP contribution in [-0.2, 0) is 14.4 Å². The van der Waals surface area contributed by atoms with Crippen molar-refractivity contribution in [3.05, 3.63) is 0 Å². The molecule has 3 aliphatic carbocycles. The smallest absolute Gasteiger partial charge is 0.303 e. The Morgan fingerprint density at radius 1 is 1.12 bits per heavy atom. The molecule has 0 aromatic rings. The number of carboxylic acid groups (broad SMARTS) is 1. The van der Waals surface area contributed by atoms with Crippen molar-refractivity contribution in [1.29, 1.82) is 0 Å². The fourth-order valence-corrected chi connectivity index (χ4v) is 6.66. The lowest BCUT2D eigenvalue weighted by Gasteiger charge is -2.57. The van der Waals surface area contributed by atoms with Crippen LogP contribution in [-0.4, -0.2) is 22.6 Å². The van der Waals surface area contributed by atoms with Gasteiger partial charge in [0.05, 0.1) is 0 Å². The van der Waals surface area contributed by atoms with Gasteiger partial charge in [-0.25, -0.2) is 0 Å². The minimum Gasteiger partial charge on any atom is -0.481 e. The molecule has 24 heavy (non-hydrogen) atoms. The maximum atomic E-state index is 12.4. The Kier molecular flexibility index (Phi) is 4.38. The summed E-state index contributed by atoms with van der Waals surface area (Å²) in [7, 11) is 0. The van der Waals surface area contributed by atoms with Crippen LogP contribution in [0, 0.1) is 34.5 Å². The SMILES string of the molecule is CC(=O)C[C@@]1(C)[C@@H](CC(=O)O)CC[C@@H]2[C@@H]1CC[C@]1(C)C(=O)CC[C@@H]21. The van der Waals surface area contributed by atoms with E-state index < -0.39 is 5.97 Å². The lowest BCUT2D eigenvalue weighted by Crippen LogP contribution is -2.52. The first-order chi connectivity index (χ1) is 11.2. The Morgan fingerprint density at radius 2 is 1.83 bits per heavy atom. The zero-order valence-corrected chi connectivity index (χ0v) is 15.1. The third-order valence-corrected chi connectivity index (χ3v) is 7.83. The highest BCUT2D eigenvalue weighted by molar-refractivity contribution is 5.87. The molecule has 0 aromatic carbocycles. The third kappa shape index (κ3) is 2.62. The summed E-state index contributed by atoms with van der Waals surface area (Å²) in [6.45, 7) is 5.92. The van der Waals surface area contributed by atoms with Crippen molar-refractivity contribution >= 4 is 17.5 Å². The fraction of sp³-hybridized carbons (Fsp3) is 0.850. The van der Waals surface area contributed by atoms with Gasteiger partial charge in [0.25, 0.3) is 0 Å². The Morgan fingerprint density at radius 3 is 2.46 bits per heavy atom. The minimum atomic E-state index is -0.759. The van der Waals surface area contributed by atoms with E-state index in [0.29, 0.717) is 36.4 Å². The molecule has 0 bridgehead atoms. The average Bonchev–Trinajstić information content (AvgIpc) is 2.77. The maximum absolute atomic E-state index is 12.4. The Labute approximate surface area is 144 Å². The van der Waals surface area contributed by atoms with Gasteiger partial charge in [0.15, 0.2) is 0 Å². The summed E-state index contributed by atoms with van der Waals surface area (Å²) in [6.07, 6.45) is 6.08. The molecular weight excluding hydrogens is 304 g/mol. The fourth-order valence-electron chi connectivity index (χ4n) is 6.66. The number of fused-ring (bicyclic) bond motifs is 3. The number of Topliss-reactive ketones (excluding diaryl/α,β-unsaturated/α-hetero) is 2. The molecule has 0 unspecified atom stereocenters. The van der Waals surface area contributed by atoms with Gasteiger partial charge in [0, 0.05) is 24.7 Å². The van der Waals surface area contributed by atoms with Crippen LogP contribution in [0.1, 0.15) is 72.1 Å². The molecule has 3 saturated carbocycles. The molecule has 0 heterocycles. The number of rotatable bonds is 4. The summed E-state index contributed by atoms with van der Waals surface area (Å²) in [5.41, 5.74) is -0.405. The van der Waals surface area contributed by atoms with Gasteiger partial charge in [-0.05, 0) is 68.1 Å². The Balaban J connectivity index is 1.92. The quantitative estimate of drug-likeness (QED) is 0.847. The number of ketones is 2. The first kappa shape index (κ1) is 17.6. The molecule has 1 N–H and O–H groups in total. The van der Waals surface area contributed by atoms with E-state index in [1.54, 1.807) is 6.92 Å². The monoisotopic (exact) mass is 334 g/mol. The number of hydrogen-bond donors (Lipinski definition) is 1. The van der Waals surface area contributed by atoms with Crippen molar-refractivity contribution in [3.63, 3.8) is 0 Å². The normalized spacial score (nSPS) is 44.7. The number of carbonyl (C=O) groups is 3. The second kappa shape index (κ2) is 5.96. The van der Waals surface area contributed by atoms with E-state index in [2.05, 4.69) is 13.8 Å². The van der Waals surface area contributed by atoms with E-state index in [1.165, 1.54) is 0 Å². The lowest BCUT2D eigenvalue weighted by molar-refractivity contribution is -0.149. The first-order valence-corrected chi connectivity index (χ1v) is 9.43. The van der Waals surface area contributed by atoms with Gasteiger partial charge in [-0.2, -0.15) is 0 Å². The largest absolute Gasteiger partial charge is 0.481 e. The standard InChI is InChI=1S/C20H30O4/c1-12(21)11-20(3)13(10-18(23)24)4-5-14-15-6-7-17(22)19(15,2)9-8-16(14)20/h13-16H,4-11H2,1-3H3,(H,23,24)/t13-,14+,15+,16+,19+,20+/m1/s1. The van der Waals surface area contributed by atoms with Crippen LogP contribution in [0.3, 0.4) is 0 Å². The zero-order valence-electron chi connectivity index (χ0n) is 15.1. The van der Waals surface area contributed by atoms with E-state index in [-0.39, 0.29) is 29.0 Å². The van der Waals surface area contributed by atoms with Crippen molar-refractivity contribution in [3.8, 4) is 0 Å². The summed E-state index contributed by atoms with van der Waals surface area (Å²) in [5.74, 6) is 1.18. The number of carbonyl (C=O) groups excluding carboxylic acids is 2. The molecule has 0 spiro atoms. The molecule has 4 nitrogen and oxygen atoms in total. The maximum Gasteiger partial charge on any atom is 0.303 e. The van der Waals surface area contributed by atoms with Gasteiger partial charge in [0.1, 0.15) is 11.6 Å². The molecule has 3 aliphatic rings. The molecule has 0 aliphatic heterocycles. The van der Waals surface area contributed by atoms with E-state index in [0.717, 1.165) is 32.1 Å². The zero-order chi connectivity index (χ0) is 17.7. The first-order valence-electron chi connectivity index (χ1n) is 9.43. The van der Waals surface area contributed by atoms with E-state index in [4.69, 9.17) is 0 Å². The predicted octanol–water partition coefficient (Wildman–Crippen LogP) is 3.87. The molecule has 3 fully saturated rings. The molecule has 0 radical (unpaired) electrons. The highest BCUT2D eigenvalue weighted by Crippen LogP contribution is 2.64. The van der Waals surface area contributed by atoms with Crippen molar-refractivity contribution in [2.75, 3.05) is 0 Å². The van der Waals surface area contributed by atoms with Crippen LogP contribution >= 0.6 is 0 Å². The van der Waals surface area contributed by atoms with Crippen LogP contribution in [0.5, 0.6) is 0 Å². The van der Waals surface area contributed by atoms with E-state index in [9.17, 15) is 19.5 Å². The topological polar surface area (TPSA) is 71.4 Å². The van der Waals surface area contributed by atoms with Gasteiger partial charge in [-0.3, -0.25) is 9.59 Å². The second-order valence-corrected chi connectivity index (χ2v) is 9.05. The second-order valence-electron chi connectivity index (χ2n) is 9.05. The third-order valence-electron chi connectivity index (χ3n) is 7.83. The van der Waals surface area contributed by atoms with Gasteiger partial charge >= 0.3 is 5.97 Å². The Bertz CT molecular complexity index is 568. The Hall–Kier alpha value is -1.19. The minimum absolute atomic E-state index is 0.0709. The molecule has 0 saturated heterocycles. The van der Waals surface area contributed by atoms with Gasteiger partial charge < -0.3 is 9.90 Å². The molecule has 3 rings (SSSR count). The van der Waals surface area contributed by atoms with E-state index in [1.807, 2.05) is 0 Å². The number of aliphatic carboxylic acids is 1. The summed E-state index contributed by atoms with van der Waals surface area (Å²) >= 11 is 0.